The van der Waals surface area contributed by atoms with E-state index in [4.69, 9.17) is 21.2 Å². The number of halogens is 2. The Morgan fingerprint density at radius 1 is 1.41 bits per heavy atom. The molecular weight excluding hydrogens is 524 g/mol. The summed E-state index contributed by atoms with van der Waals surface area (Å²) in [5.74, 6) is 1.42. The third-order valence-corrected chi connectivity index (χ3v) is 9.49. The summed E-state index contributed by atoms with van der Waals surface area (Å²) in [6.07, 6.45) is 0.648. The van der Waals surface area contributed by atoms with E-state index in [9.17, 15) is 15.0 Å². The summed E-state index contributed by atoms with van der Waals surface area (Å²) >= 11 is 9.76. The molecule has 190 valence electrons. The minimum atomic E-state index is -0.845. The van der Waals surface area contributed by atoms with Gasteiger partial charge in [-0.2, -0.15) is 5.06 Å². The maximum atomic E-state index is 13.7. The second-order valence-corrected chi connectivity index (χ2v) is 12.1. The summed E-state index contributed by atoms with van der Waals surface area (Å²) < 4.78 is 6.24. The molecule has 1 aliphatic heterocycles. The molecule has 1 amide bonds. The van der Waals surface area contributed by atoms with E-state index in [1.54, 1.807) is 31.2 Å². The molecule has 0 spiro atoms. The van der Waals surface area contributed by atoms with E-state index in [1.807, 2.05) is 0 Å². The van der Waals surface area contributed by atoms with Gasteiger partial charge in [0.1, 0.15) is 17.9 Å². The number of nitrogens with one attached hydrogen (secondary N) is 1. The van der Waals surface area contributed by atoms with Crippen LogP contribution in [0.1, 0.15) is 46.1 Å². The fourth-order valence-electron chi connectivity index (χ4n) is 6.61. The normalized spacial score (nSPS) is 35.5. The molecule has 4 fully saturated rings. The van der Waals surface area contributed by atoms with Crippen LogP contribution in [0.2, 0.25) is 5.02 Å². The SMILES string of the molecule is COc1c(Br)cc(Cl)cc1CN1O[C@@H](CO)[C@@H]([C@H](C)O)C1C(=O)N[C@H]1C[C@H]2C[C@@H]([C@@H]1C)C2(C)C. The number of aliphatic hydroxyl groups excluding tert-OH is 2. The Labute approximate surface area is 215 Å². The third-order valence-electron chi connectivity index (χ3n) is 8.68. The zero-order valence-corrected chi connectivity index (χ0v) is 22.8. The molecule has 1 aromatic rings. The van der Waals surface area contributed by atoms with Gasteiger partial charge in [-0.1, -0.05) is 32.4 Å². The number of hydrogen-bond acceptors (Lipinski definition) is 6. The Balaban J connectivity index is 1.59. The Morgan fingerprint density at radius 3 is 2.68 bits per heavy atom. The fraction of sp³-hybridized carbons (Fsp3) is 0.720. The lowest BCUT2D eigenvalue weighted by Crippen LogP contribution is -2.62. The lowest BCUT2D eigenvalue weighted by Gasteiger charge is -2.62. The first-order chi connectivity index (χ1) is 16.0. The van der Waals surface area contributed by atoms with Crippen molar-refractivity contribution < 1.29 is 24.6 Å². The Hall–Kier alpha value is -0.900. The highest BCUT2D eigenvalue weighted by Gasteiger charge is 2.57. The summed E-state index contributed by atoms with van der Waals surface area (Å²) in [7, 11) is 1.57. The van der Waals surface area contributed by atoms with Crippen molar-refractivity contribution in [3.05, 3.63) is 27.2 Å². The van der Waals surface area contributed by atoms with E-state index < -0.39 is 24.2 Å². The Bertz CT molecular complexity index is 929. The van der Waals surface area contributed by atoms with Crippen LogP contribution >= 0.6 is 27.5 Å². The molecule has 7 nitrogen and oxygen atoms in total. The second kappa shape index (κ2) is 9.87. The van der Waals surface area contributed by atoms with Crippen molar-refractivity contribution in [3.8, 4) is 5.75 Å². The van der Waals surface area contributed by atoms with Crippen LogP contribution in [0.5, 0.6) is 5.75 Å². The van der Waals surface area contributed by atoms with Crippen LogP contribution in [0.15, 0.2) is 16.6 Å². The number of carbonyl (C=O) groups is 1. The van der Waals surface area contributed by atoms with Crippen molar-refractivity contribution in [2.75, 3.05) is 13.7 Å². The summed E-state index contributed by atoms with van der Waals surface area (Å²) in [4.78, 5) is 19.7. The molecule has 0 radical (unpaired) electrons. The molecule has 34 heavy (non-hydrogen) atoms. The molecule has 3 saturated carbocycles. The summed E-state index contributed by atoms with van der Waals surface area (Å²) in [6, 6.07) is 2.83. The van der Waals surface area contributed by atoms with Crippen molar-refractivity contribution in [1.29, 1.82) is 0 Å². The molecular formula is C25H36BrClN2O5. The van der Waals surface area contributed by atoms with Crippen LogP contribution in [-0.2, 0) is 16.2 Å². The van der Waals surface area contributed by atoms with E-state index in [-0.39, 0.29) is 25.1 Å². The van der Waals surface area contributed by atoms with E-state index in [0.717, 1.165) is 12.0 Å². The first-order valence-corrected chi connectivity index (χ1v) is 13.2. The zero-order chi connectivity index (χ0) is 24.9. The maximum Gasteiger partial charge on any atom is 0.240 e. The maximum absolute atomic E-state index is 13.7. The van der Waals surface area contributed by atoms with Crippen molar-refractivity contribution >= 4 is 33.4 Å². The number of ether oxygens (including phenoxy) is 1. The molecule has 8 atom stereocenters. The first kappa shape index (κ1) is 26.2. The number of hydroxylamine groups is 2. The smallest absolute Gasteiger partial charge is 0.240 e. The van der Waals surface area contributed by atoms with Crippen LogP contribution in [0, 0.1) is 29.1 Å². The Kier molecular flexibility index (Phi) is 7.59. The second-order valence-electron chi connectivity index (χ2n) is 10.8. The van der Waals surface area contributed by atoms with Crippen LogP contribution in [-0.4, -0.2) is 59.2 Å². The van der Waals surface area contributed by atoms with Gasteiger partial charge in [-0.05, 0) is 71.0 Å². The number of methoxy groups -OCH3 is 1. The van der Waals surface area contributed by atoms with E-state index in [1.165, 1.54) is 6.42 Å². The van der Waals surface area contributed by atoms with Gasteiger partial charge < -0.3 is 20.3 Å². The van der Waals surface area contributed by atoms with Crippen LogP contribution in [0.4, 0.5) is 0 Å². The largest absolute Gasteiger partial charge is 0.495 e. The summed E-state index contributed by atoms with van der Waals surface area (Å²) in [5, 5.41) is 25.9. The van der Waals surface area contributed by atoms with Gasteiger partial charge in [0.15, 0.2) is 0 Å². The summed E-state index contributed by atoms with van der Waals surface area (Å²) in [6.45, 7) is 8.44. The number of rotatable bonds is 7. The molecule has 9 heteroatoms. The highest BCUT2D eigenvalue weighted by atomic mass is 79.9. The van der Waals surface area contributed by atoms with Gasteiger partial charge >= 0.3 is 0 Å². The average Bonchev–Trinajstić information content (AvgIpc) is 3.13. The average molecular weight is 560 g/mol. The minimum absolute atomic E-state index is 0.0869. The fourth-order valence-corrected chi connectivity index (χ4v) is 7.65. The van der Waals surface area contributed by atoms with E-state index in [0.29, 0.717) is 38.4 Å². The van der Waals surface area contributed by atoms with Crippen molar-refractivity contribution in [2.24, 2.45) is 29.1 Å². The molecule has 1 heterocycles. The number of amides is 1. The number of benzene rings is 1. The predicted octanol–water partition coefficient (Wildman–Crippen LogP) is 3.77. The van der Waals surface area contributed by atoms with Crippen molar-refractivity contribution in [1.82, 2.24) is 10.4 Å². The zero-order valence-electron chi connectivity index (χ0n) is 20.4. The Morgan fingerprint density at radius 2 is 2.12 bits per heavy atom. The molecule has 4 aliphatic rings. The van der Waals surface area contributed by atoms with Gasteiger partial charge in [-0.3, -0.25) is 9.63 Å². The lowest BCUT2D eigenvalue weighted by atomic mass is 9.45. The number of nitrogens with zero attached hydrogens (tertiary/aromatic N) is 1. The quantitative estimate of drug-likeness (QED) is 0.471. The first-order valence-electron chi connectivity index (χ1n) is 12.0. The van der Waals surface area contributed by atoms with Gasteiger partial charge in [-0.15, -0.1) is 0 Å². The van der Waals surface area contributed by atoms with Gasteiger partial charge in [0.2, 0.25) is 5.91 Å². The van der Waals surface area contributed by atoms with Crippen LogP contribution in [0.3, 0.4) is 0 Å². The number of hydrogen-bond donors (Lipinski definition) is 3. The molecule has 1 unspecified atom stereocenters. The molecule has 1 aromatic carbocycles. The molecule has 1 saturated heterocycles. The van der Waals surface area contributed by atoms with E-state index in [2.05, 4.69) is 42.0 Å². The molecule has 3 aliphatic carbocycles. The topological polar surface area (TPSA) is 91.3 Å². The predicted molar refractivity (Wildman–Crippen MR) is 133 cm³/mol. The van der Waals surface area contributed by atoms with Crippen molar-refractivity contribution in [2.45, 2.75) is 71.4 Å². The number of aliphatic hydroxyl groups is 2. The van der Waals surface area contributed by atoms with E-state index >= 15 is 0 Å². The van der Waals surface area contributed by atoms with Crippen molar-refractivity contribution in [3.63, 3.8) is 0 Å². The molecule has 2 bridgehead atoms. The number of fused-ring (bicyclic) bond motifs is 2. The third kappa shape index (κ3) is 4.50. The van der Waals surface area contributed by atoms with Crippen LogP contribution in [0.25, 0.3) is 0 Å². The van der Waals surface area contributed by atoms with Gasteiger partial charge in [-0.25, -0.2) is 0 Å². The molecule has 5 rings (SSSR count). The van der Waals surface area contributed by atoms with Gasteiger partial charge in [0.25, 0.3) is 0 Å². The summed E-state index contributed by atoms with van der Waals surface area (Å²) in [5.41, 5.74) is 1.06. The molecule has 3 N–H and O–H groups in total. The monoisotopic (exact) mass is 558 g/mol. The standard InChI is InChI=1S/C25H36BrClN2O5/c1-12-17-7-15(25(17,3)4)8-19(12)28-24(32)22-21(13(2)31)20(11-30)34-29(22)10-14-6-16(27)9-18(26)23(14)33-5/h6,9,12-13,15,17,19-22,30-31H,7-8,10-11H2,1-5H3,(H,28,32)/t12-,13-,15+,17-,19-,20-,21+,22?/m0/s1. The highest BCUT2D eigenvalue weighted by Crippen LogP contribution is 2.61. The van der Waals surface area contributed by atoms with Crippen LogP contribution < -0.4 is 10.1 Å². The van der Waals surface area contributed by atoms with Gasteiger partial charge in [0.05, 0.1) is 30.8 Å². The minimum Gasteiger partial charge on any atom is -0.495 e. The number of carbonyl (C=O) groups excluding carboxylic acids is 1. The molecule has 0 aromatic heterocycles. The van der Waals surface area contributed by atoms with Gasteiger partial charge in [0, 0.05) is 22.5 Å². The highest BCUT2D eigenvalue weighted by molar-refractivity contribution is 9.10. The lowest BCUT2D eigenvalue weighted by molar-refractivity contribution is -0.183.